The van der Waals surface area contributed by atoms with Crippen LogP contribution in [0.25, 0.3) is 0 Å². The lowest BCUT2D eigenvalue weighted by Gasteiger charge is -2.12. The van der Waals surface area contributed by atoms with E-state index >= 15 is 0 Å². The molecule has 0 bridgehead atoms. The molecule has 0 saturated heterocycles. The van der Waals surface area contributed by atoms with Gasteiger partial charge in [0.05, 0.1) is 0 Å². The van der Waals surface area contributed by atoms with E-state index in [0.29, 0.717) is 12.0 Å². The predicted octanol–water partition coefficient (Wildman–Crippen LogP) is 2.76. The molecule has 3 N–H and O–H groups in total. The van der Waals surface area contributed by atoms with Crippen molar-refractivity contribution in [3.05, 3.63) is 41.2 Å². The Morgan fingerprint density at radius 3 is 2.86 bits per heavy atom. The Morgan fingerprint density at radius 2 is 2.29 bits per heavy atom. The van der Waals surface area contributed by atoms with Gasteiger partial charge in [-0.3, -0.25) is 0 Å². The molecule has 1 atom stereocenters. The Kier molecular flexibility index (Phi) is 3.49. The van der Waals surface area contributed by atoms with Crippen LogP contribution < -0.4 is 5.73 Å². The highest BCUT2D eigenvalue weighted by atomic mass is 35.5. The Bertz CT molecular complexity index is 354. The Morgan fingerprint density at radius 1 is 1.64 bits per heavy atom. The molecule has 0 amide bonds. The zero-order valence-electron chi connectivity index (χ0n) is 7.50. The molecule has 0 aliphatic rings. The van der Waals surface area contributed by atoms with E-state index in [0.717, 1.165) is 6.07 Å². The van der Waals surface area contributed by atoms with Crippen LogP contribution in [-0.4, -0.2) is 5.11 Å². The molecule has 0 unspecified atom stereocenters. The minimum Gasteiger partial charge on any atom is -0.505 e. The Balaban J connectivity index is 3.12. The van der Waals surface area contributed by atoms with Crippen molar-refractivity contribution in [1.82, 2.24) is 0 Å². The molecule has 0 heterocycles. The van der Waals surface area contributed by atoms with E-state index in [9.17, 15) is 9.50 Å². The van der Waals surface area contributed by atoms with Crippen molar-refractivity contribution >= 4 is 11.6 Å². The molecule has 1 aromatic rings. The third-order valence-electron chi connectivity index (χ3n) is 1.88. The van der Waals surface area contributed by atoms with Crippen molar-refractivity contribution in [2.45, 2.75) is 12.5 Å². The van der Waals surface area contributed by atoms with Crippen molar-refractivity contribution in [2.24, 2.45) is 5.73 Å². The molecule has 76 valence electrons. The first-order chi connectivity index (χ1) is 6.56. The molecule has 0 aliphatic heterocycles. The zero-order chi connectivity index (χ0) is 10.7. The van der Waals surface area contributed by atoms with Gasteiger partial charge in [-0.15, -0.1) is 6.58 Å². The largest absolute Gasteiger partial charge is 0.505 e. The van der Waals surface area contributed by atoms with Gasteiger partial charge in [-0.25, -0.2) is 4.39 Å². The number of benzene rings is 1. The van der Waals surface area contributed by atoms with Crippen molar-refractivity contribution in [1.29, 1.82) is 0 Å². The van der Waals surface area contributed by atoms with E-state index in [2.05, 4.69) is 6.58 Å². The van der Waals surface area contributed by atoms with Crippen LogP contribution >= 0.6 is 11.6 Å². The van der Waals surface area contributed by atoms with E-state index < -0.39 is 17.6 Å². The summed E-state index contributed by atoms with van der Waals surface area (Å²) in [4.78, 5) is 0. The van der Waals surface area contributed by atoms with Gasteiger partial charge in [0.1, 0.15) is 0 Å². The summed E-state index contributed by atoms with van der Waals surface area (Å²) in [5.41, 5.74) is 5.99. The fourth-order valence-corrected chi connectivity index (χ4v) is 1.39. The van der Waals surface area contributed by atoms with Gasteiger partial charge >= 0.3 is 0 Å². The molecule has 1 rings (SSSR count). The number of phenols is 1. The molecule has 0 radical (unpaired) electrons. The summed E-state index contributed by atoms with van der Waals surface area (Å²) in [6.07, 6.45) is 2.05. The van der Waals surface area contributed by atoms with Gasteiger partial charge in [0.2, 0.25) is 0 Å². The van der Waals surface area contributed by atoms with Crippen molar-refractivity contribution < 1.29 is 9.50 Å². The first-order valence-corrected chi connectivity index (χ1v) is 4.48. The number of rotatable bonds is 3. The lowest BCUT2D eigenvalue weighted by atomic mass is 10.0. The van der Waals surface area contributed by atoms with Crippen LogP contribution in [0.1, 0.15) is 18.0 Å². The maximum atomic E-state index is 13.0. The summed E-state index contributed by atoms with van der Waals surface area (Å²) in [6, 6.07) is 2.01. The first kappa shape index (κ1) is 11.0. The second kappa shape index (κ2) is 4.44. The van der Waals surface area contributed by atoms with Crippen LogP contribution in [0.15, 0.2) is 24.8 Å². The summed E-state index contributed by atoms with van der Waals surface area (Å²) in [7, 11) is 0. The van der Waals surface area contributed by atoms with Gasteiger partial charge < -0.3 is 10.8 Å². The van der Waals surface area contributed by atoms with Crippen molar-refractivity contribution in [2.75, 3.05) is 0 Å². The molecular formula is C10H11ClFNO. The second-order valence-corrected chi connectivity index (χ2v) is 3.39. The Labute approximate surface area is 86.8 Å². The summed E-state index contributed by atoms with van der Waals surface area (Å²) < 4.78 is 13.0. The quantitative estimate of drug-likeness (QED) is 0.762. The van der Waals surface area contributed by atoms with Crippen LogP contribution in [0.3, 0.4) is 0 Å². The number of phenolic OH excluding ortho intramolecular Hbond substituents is 1. The maximum Gasteiger partial charge on any atom is 0.166 e. The summed E-state index contributed by atoms with van der Waals surface area (Å²) in [5.74, 6) is -1.20. The first-order valence-electron chi connectivity index (χ1n) is 4.10. The third-order valence-corrected chi connectivity index (χ3v) is 2.10. The van der Waals surface area contributed by atoms with Crippen LogP contribution in [0.5, 0.6) is 5.75 Å². The highest BCUT2D eigenvalue weighted by molar-refractivity contribution is 6.30. The molecule has 1 aromatic carbocycles. The molecule has 14 heavy (non-hydrogen) atoms. The standard InChI is InChI=1S/C10H11ClFNO/c1-2-3-9(13)7-4-6(11)5-8(12)10(7)14/h2,4-5,9,14H,1,3,13H2/t9-/m1/s1. The average Bonchev–Trinajstić information content (AvgIpc) is 2.11. The molecule has 0 spiro atoms. The minimum absolute atomic E-state index is 0.217. The second-order valence-electron chi connectivity index (χ2n) is 2.96. The topological polar surface area (TPSA) is 46.2 Å². The fourth-order valence-electron chi connectivity index (χ4n) is 1.18. The van der Waals surface area contributed by atoms with Crippen LogP contribution in [0.2, 0.25) is 5.02 Å². The van der Waals surface area contributed by atoms with Gasteiger partial charge in [0.15, 0.2) is 11.6 Å². The van der Waals surface area contributed by atoms with Gasteiger partial charge in [-0.1, -0.05) is 17.7 Å². The molecule has 4 heteroatoms. The minimum atomic E-state index is -0.757. The molecule has 0 fully saturated rings. The number of hydrogen-bond acceptors (Lipinski definition) is 2. The molecule has 2 nitrogen and oxygen atoms in total. The molecule has 0 aliphatic carbocycles. The maximum absolute atomic E-state index is 13.0. The van der Waals surface area contributed by atoms with Gasteiger partial charge in [-0.05, 0) is 18.6 Å². The smallest absolute Gasteiger partial charge is 0.166 e. The van der Waals surface area contributed by atoms with E-state index in [1.165, 1.54) is 6.07 Å². The molecular weight excluding hydrogens is 205 g/mol. The monoisotopic (exact) mass is 215 g/mol. The Hall–Kier alpha value is -1.06. The van der Waals surface area contributed by atoms with E-state index in [1.807, 2.05) is 0 Å². The highest BCUT2D eigenvalue weighted by Gasteiger charge is 2.14. The SMILES string of the molecule is C=CC[C@@H](N)c1cc(Cl)cc(F)c1O. The molecule has 0 aromatic heterocycles. The van der Waals surface area contributed by atoms with Gasteiger partial charge in [0, 0.05) is 16.6 Å². The summed E-state index contributed by atoms with van der Waals surface area (Å²) in [5, 5.41) is 9.59. The fraction of sp³-hybridized carbons (Fsp3) is 0.200. The summed E-state index contributed by atoms with van der Waals surface area (Å²) >= 11 is 5.63. The van der Waals surface area contributed by atoms with Gasteiger partial charge in [-0.2, -0.15) is 0 Å². The number of halogens is 2. The van der Waals surface area contributed by atoms with Crippen molar-refractivity contribution in [3.8, 4) is 5.75 Å². The summed E-state index contributed by atoms with van der Waals surface area (Å²) in [6.45, 7) is 3.51. The normalized spacial score (nSPS) is 12.5. The lowest BCUT2D eigenvalue weighted by Crippen LogP contribution is -2.09. The zero-order valence-corrected chi connectivity index (χ0v) is 8.26. The number of nitrogens with two attached hydrogens (primary N) is 1. The lowest BCUT2D eigenvalue weighted by molar-refractivity contribution is 0.421. The number of aromatic hydroxyl groups is 1. The van der Waals surface area contributed by atoms with Crippen LogP contribution in [0.4, 0.5) is 4.39 Å². The van der Waals surface area contributed by atoms with E-state index in [4.69, 9.17) is 17.3 Å². The van der Waals surface area contributed by atoms with Crippen LogP contribution in [0, 0.1) is 5.82 Å². The van der Waals surface area contributed by atoms with Gasteiger partial charge in [0.25, 0.3) is 0 Å². The number of hydrogen-bond donors (Lipinski definition) is 2. The van der Waals surface area contributed by atoms with Crippen molar-refractivity contribution in [3.63, 3.8) is 0 Å². The van der Waals surface area contributed by atoms with Crippen LogP contribution in [-0.2, 0) is 0 Å². The third kappa shape index (κ3) is 2.25. The van der Waals surface area contributed by atoms with E-state index in [1.54, 1.807) is 6.08 Å². The molecule has 0 saturated carbocycles. The average molecular weight is 216 g/mol. The highest BCUT2D eigenvalue weighted by Crippen LogP contribution is 2.30. The predicted molar refractivity (Wildman–Crippen MR) is 54.8 cm³/mol. The van der Waals surface area contributed by atoms with E-state index in [-0.39, 0.29) is 5.02 Å².